The van der Waals surface area contributed by atoms with Gasteiger partial charge in [0.2, 0.25) is 10.0 Å². The molecule has 0 aromatic rings. The van der Waals surface area contributed by atoms with Crippen molar-refractivity contribution in [3.8, 4) is 0 Å². The number of hydrogen-bond donors (Lipinski definition) is 2. The maximum atomic E-state index is 10.7. The smallest absolute Gasteiger partial charge is 0.210 e. The molecule has 0 aromatic heterocycles. The topological polar surface area (TPSA) is 72.2 Å². The molecule has 1 atom stereocenters. The SMILES string of the molecule is C[C@H](NCCS(N)(=O)=O)C1CCCC1. The number of hydrogen-bond acceptors (Lipinski definition) is 3. The summed E-state index contributed by atoms with van der Waals surface area (Å²) in [4.78, 5) is 0. The van der Waals surface area contributed by atoms with Gasteiger partial charge in [0.15, 0.2) is 0 Å². The predicted octanol–water partition coefficient (Wildman–Crippen LogP) is 0.443. The van der Waals surface area contributed by atoms with Gasteiger partial charge in [-0.3, -0.25) is 0 Å². The van der Waals surface area contributed by atoms with Gasteiger partial charge in [0, 0.05) is 12.6 Å². The Kier molecular flexibility index (Phi) is 4.34. The van der Waals surface area contributed by atoms with E-state index >= 15 is 0 Å². The summed E-state index contributed by atoms with van der Waals surface area (Å²) in [7, 11) is -3.31. The standard InChI is InChI=1S/C9H20N2O2S/c1-8(9-4-2-3-5-9)11-6-7-14(10,12)13/h8-9,11H,2-7H2,1H3,(H2,10,12,13)/t8-/m0/s1. The van der Waals surface area contributed by atoms with Gasteiger partial charge in [0.25, 0.3) is 0 Å². The van der Waals surface area contributed by atoms with E-state index in [1.54, 1.807) is 0 Å². The van der Waals surface area contributed by atoms with Crippen LogP contribution in [0.4, 0.5) is 0 Å². The van der Waals surface area contributed by atoms with Gasteiger partial charge < -0.3 is 5.32 Å². The molecule has 5 heteroatoms. The van der Waals surface area contributed by atoms with Crippen LogP contribution < -0.4 is 10.5 Å². The average molecular weight is 220 g/mol. The molecule has 0 aromatic carbocycles. The van der Waals surface area contributed by atoms with Crippen LogP contribution in [0, 0.1) is 5.92 Å². The highest BCUT2D eigenvalue weighted by atomic mass is 32.2. The molecular weight excluding hydrogens is 200 g/mol. The first-order valence-corrected chi connectivity index (χ1v) is 6.94. The Morgan fingerprint density at radius 3 is 2.50 bits per heavy atom. The van der Waals surface area contributed by atoms with Crippen molar-refractivity contribution in [2.24, 2.45) is 11.1 Å². The quantitative estimate of drug-likeness (QED) is 0.706. The second kappa shape index (κ2) is 5.09. The van der Waals surface area contributed by atoms with E-state index in [-0.39, 0.29) is 5.75 Å². The molecule has 0 heterocycles. The largest absolute Gasteiger partial charge is 0.313 e. The lowest BCUT2D eigenvalue weighted by molar-refractivity contribution is 0.389. The Balaban J connectivity index is 2.17. The number of sulfonamides is 1. The fourth-order valence-corrected chi connectivity index (χ4v) is 2.46. The summed E-state index contributed by atoms with van der Waals surface area (Å²) in [6.07, 6.45) is 5.16. The van der Waals surface area contributed by atoms with Gasteiger partial charge in [-0.15, -0.1) is 0 Å². The van der Waals surface area contributed by atoms with Crippen LogP contribution in [0.2, 0.25) is 0 Å². The van der Waals surface area contributed by atoms with Crippen LogP contribution in [0.25, 0.3) is 0 Å². The summed E-state index contributed by atoms with van der Waals surface area (Å²) in [5.74, 6) is 0.750. The minimum atomic E-state index is -3.31. The fraction of sp³-hybridized carbons (Fsp3) is 1.00. The highest BCUT2D eigenvalue weighted by Gasteiger charge is 2.20. The van der Waals surface area contributed by atoms with Crippen molar-refractivity contribution < 1.29 is 8.42 Å². The van der Waals surface area contributed by atoms with Crippen molar-refractivity contribution in [3.05, 3.63) is 0 Å². The maximum Gasteiger partial charge on any atom is 0.210 e. The molecule has 1 fully saturated rings. The first kappa shape index (κ1) is 11.9. The highest BCUT2D eigenvalue weighted by Crippen LogP contribution is 2.27. The third kappa shape index (κ3) is 4.39. The molecule has 1 rings (SSSR count). The van der Waals surface area contributed by atoms with Gasteiger partial charge in [0.1, 0.15) is 0 Å². The second-order valence-corrected chi connectivity index (χ2v) is 5.89. The summed E-state index contributed by atoms with van der Waals surface area (Å²) >= 11 is 0. The van der Waals surface area contributed by atoms with Crippen LogP contribution in [0.3, 0.4) is 0 Å². The molecule has 1 aliphatic carbocycles. The average Bonchev–Trinajstić information content (AvgIpc) is 2.53. The molecular formula is C9H20N2O2S. The third-order valence-corrected chi connectivity index (χ3v) is 3.73. The Bertz CT molecular complexity index is 258. The van der Waals surface area contributed by atoms with Crippen molar-refractivity contribution in [3.63, 3.8) is 0 Å². The summed E-state index contributed by atoms with van der Waals surface area (Å²) in [5.41, 5.74) is 0. The highest BCUT2D eigenvalue weighted by molar-refractivity contribution is 7.89. The van der Waals surface area contributed by atoms with E-state index in [1.807, 2.05) is 0 Å². The molecule has 4 nitrogen and oxygen atoms in total. The van der Waals surface area contributed by atoms with E-state index in [0.29, 0.717) is 12.6 Å². The normalized spacial score (nSPS) is 21.3. The van der Waals surface area contributed by atoms with Gasteiger partial charge in [-0.05, 0) is 25.7 Å². The molecule has 84 valence electrons. The van der Waals surface area contributed by atoms with Crippen molar-refractivity contribution in [2.45, 2.75) is 38.6 Å². The molecule has 0 unspecified atom stereocenters. The summed E-state index contributed by atoms with van der Waals surface area (Å²) in [5, 5.41) is 8.13. The van der Waals surface area contributed by atoms with Gasteiger partial charge in [-0.1, -0.05) is 12.8 Å². The van der Waals surface area contributed by atoms with E-state index in [2.05, 4.69) is 12.2 Å². The van der Waals surface area contributed by atoms with Crippen molar-refractivity contribution in [1.29, 1.82) is 0 Å². The van der Waals surface area contributed by atoms with Gasteiger partial charge >= 0.3 is 0 Å². The Morgan fingerprint density at radius 1 is 1.43 bits per heavy atom. The third-order valence-electron chi connectivity index (χ3n) is 2.96. The van der Waals surface area contributed by atoms with Crippen molar-refractivity contribution in [2.75, 3.05) is 12.3 Å². The molecule has 0 saturated heterocycles. The predicted molar refractivity (Wildman–Crippen MR) is 57.4 cm³/mol. The molecule has 1 saturated carbocycles. The van der Waals surface area contributed by atoms with E-state index in [9.17, 15) is 8.42 Å². The summed E-state index contributed by atoms with van der Waals surface area (Å²) < 4.78 is 21.3. The lowest BCUT2D eigenvalue weighted by Gasteiger charge is -2.19. The Morgan fingerprint density at radius 2 is 2.00 bits per heavy atom. The minimum absolute atomic E-state index is 0.0318. The van der Waals surface area contributed by atoms with Crippen LogP contribution in [0.15, 0.2) is 0 Å². The Hall–Kier alpha value is -0.130. The molecule has 1 aliphatic rings. The molecule has 14 heavy (non-hydrogen) atoms. The molecule has 0 bridgehead atoms. The maximum absolute atomic E-state index is 10.7. The van der Waals surface area contributed by atoms with E-state index < -0.39 is 10.0 Å². The van der Waals surface area contributed by atoms with Crippen LogP contribution in [0.1, 0.15) is 32.6 Å². The summed E-state index contributed by atoms with van der Waals surface area (Å²) in [6.45, 7) is 2.59. The number of nitrogens with two attached hydrogens (primary N) is 1. The first-order chi connectivity index (χ1) is 6.49. The van der Waals surface area contributed by atoms with Gasteiger partial charge in [0.05, 0.1) is 5.75 Å². The van der Waals surface area contributed by atoms with Crippen molar-refractivity contribution >= 4 is 10.0 Å². The zero-order valence-corrected chi connectivity index (χ0v) is 9.52. The van der Waals surface area contributed by atoms with Crippen LogP contribution in [-0.4, -0.2) is 26.8 Å². The lowest BCUT2D eigenvalue weighted by Crippen LogP contribution is -2.36. The van der Waals surface area contributed by atoms with Crippen molar-refractivity contribution in [1.82, 2.24) is 5.32 Å². The number of rotatable bonds is 5. The second-order valence-electron chi connectivity index (χ2n) is 4.15. The molecule has 0 amide bonds. The molecule has 0 spiro atoms. The number of nitrogens with one attached hydrogen (secondary N) is 1. The molecule has 0 aliphatic heterocycles. The van der Waals surface area contributed by atoms with E-state index in [1.165, 1.54) is 25.7 Å². The van der Waals surface area contributed by atoms with Gasteiger partial charge in [-0.2, -0.15) is 0 Å². The fourth-order valence-electron chi connectivity index (χ4n) is 2.05. The van der Waals surface area contributed by atoms with E-state index in [0.717, 1.165) is 5.92 Å². The van der Waals surface area contributed by atoms with Crippen LogP contribution >= 0.6 is 0 Å². The zero-order valence-electron chi connectivity index (χ0n) is 8.70. The summed E-state index contributed by atoms with van der Waals surface area (Å²) in [6, 6.07) is 0.416. The first-order valence-electron chi connectivity index (χ1n) is 5.23. The molecule has 0 radical (unpaired) electrons. The number of primary sulfonamides is 1. The lowest BCUT2D eigenvalue weighted by atomic mass is 10.00. The monoisotopic (exact) mass is 220 g/mol. The van der Waals surface area contributed by atoms with Crippen LogP contribution in [0.5, 0.6) is 0 Å². The zero-order chi connectivity index (χ0) is 10.6. The molecule has 3 N–H and O–H groups in total. The Labute approximate surface area is 86.3 Å². The van der Waals surface area contributed by atoms with Crippen LogP contribution in [-0.2, 0) is 10.0 Å². The van der Waals surface area contributed by atoms with Gasteiger partial charge in [-0.25, -0.2) is 13.6 Å². The minimum Gasteiger partial charge on any atom is -0.313 e. The van der Waals surface area contributed by atoms with E-state index in [4.69, 9.17) is 5.14 Å².